The number of nitrogens with zero attached hydrogens (tertiary/aromatic N) is 2. The van der Waals surface area contributed by atoms with E-state index in [4.69, 9.17) is 16.3 Å². The van der Waals surface area contributed by atoms with Crippen LogP contribution in [0.2, 0.25) is 5.02 Å². The lowest BCUT2D eigenvalue weighted by Gasteiger charge is -2.34. The van der Waals surface area contributed by atoms with Crippen LogP contribution in [-0.4, -0.2) is 63.6 Å². The van der Waals surface area contributed by atoms with E-state index in [-0.39, 0.29) is 17.0 Å². The van der Waals surface area contributed by atoms with Crippen molar-refractivity contribution in [3.8, 4) is 0 Å². The van der Waals surface area contributed by atoms with Crippen LogP contribution in [0.15, 0.2) is 41.8 Å². The first-order valence-electron chi connectivity index (χ1n) is 9.49. The quantitative estimate of drug-likeness (QED) is 0.431. The van der Waals surface area contributed by atoms with Gasteiger partial charge in [-0.3, -0.25) is 0 Å². The highest BCUT2D eigenvalue weighted by Crippen LogP contribution is 2.28. The van der Waals surface area contributed by atoms with Gasteiger partial charge in [0.2, 0.25) is 10.0 Å². The van der Waals surface area contributed by atoms with Gasteiger partial charge in [0.05, 0.1) is 11.0 Å². The molecule has 152 valence electrons. The van der Waals surface area contributed by atoms with Crippen LogP contribution in [-0.2, 0) is 14.8 Å². The van der Waals surface area contributed by atoms with E-state index in [9.17, 15) is 8.42 Å². The van der Waals surface area contributed by atoms with E-state index in [1.54, 1.807) is 31.3 Å². The molecule has 1 fully saturated rings. The SMILES string of the molecule is C=CCN(C)CCCO[C@H]1CC[C@H](N(C)S(=O)(=O)c2ccc(Cl)cc2)CC1. The van der Waals surface area contributed by atoms with Crippen molar-refractivity contribution < 1.29 is 13.2 Å². The van der Waals surface area contributed by atoms with Gasteiger partial charge in [-0.15, -0.1) is 6.58 Å². The molecule has 0 aromatic heterocycles. The van der Waals surface area contributed by atoms with Gasteiger partial charge in [-0.1, -0.05) is 17.7 Å². The van der Waals surface area contributed by atoms with Crippen LogP contribution in [0.5, 0.6) is 0 Å². The standard InChI is InChI=1S/C20H31ClN2O3S/c1-4-14-22(2)15-5-16-26-19-10-8-18(9-11-19)23(3)27(24,25)20-12-6-17(21)7-13-20/h4,6-7,12-13,18-19H,1,5,8-11,14-16H2,2-3H3/t18-,19-. The zero-order chi connectivity index (χ0) is 19.9. The maximum absolute atomic E-state index is 12.8. The summed E-state index contributed by atoms with van der Waals surface area (Å²) in [4.78, 5) is 2.50. The fraction of sp³-hybridized carbons (Fsp3) is 0.600. The summed E-state index contributed by atoms with van der Waals surface area (Å²) < 4.78 is 33.1. The number of halogens is 1. The van der Waals surface area contributed by atoms with Crippen LogP contribution in [0, 0.1) is 0 Å². The van der Waals surface area contributed by atoms with Crippen molar-refractivity contribution in [2.45, 2.75) is 49.1 Å². The van der Waals surface area contributed by atoms with Gasteiger partial charge < -0.3 is 9.64 Å². The Morgan fingerprint density at radius 3 is 2.41 bits per heavy atom. The second-order valence-electron chi connectivity index (χ2n) is 7.18. The molecule has 0 radical (unpaired) electrons. The summed E-state index contributed by atoms with van der Waals surface area (Å²) in [5.74, 6) is 0. The third-order valence-corrected chi connectivity index (χ3v) is 7.30. The van der Waals surface area contributed by atoms with Gasteiger partial charge in [-0.25, -0.2) is 8.42 Å². The molecule has 1 aliphatic rings. The normalized spacial score (nSPS) is 20.9. The van der Waals surface area contributed by atoms with Gasteiger partial charge in [0.1, 0.15) is 0 Å². The zero-order valence-corrected chi connectivity index (χ0v) is 17.9. The van der Waals surface area contributed by atoms with Crippen LogP contribution in [0.1, 0.15) is 32.1 Å². The molecule has 5 nitrogen and oxygen atoms in total. The van der Waals surface area contributed by atoms with E-state index in [1.807, 2.05) is 6.08 Å². The molecule has 7 heteroatoms. The first-order valence-corrected chi connectivity index (χ1v) is 11.3. The Morgan fingerprint density at radius 1 is 1.19 bits per heavy atom. The third-order valence-electron chi connectivity index (χ3n) is 5.13. The highest BCUT2D eigenvalue weighted by Gasteiger charge is 2.31. The number of hydrogen-bond donors (Lipinski definition) is 0. The molecule has 0 heterocycles. The maximum Gasteiger partial charge on any atom is 0.243 e. The number of sulfonamides is 1. The Labute approximate surface area is 169 Å². The Kier molecular flexibility index (Phi) is 8.76. The fourth-order valence-corrected chi connectivity index (χ4v) is 4.98. The lowest BCUT2D eigenvalue weighted by atomic mass is 9.93. The lowest BCUT2D eigenvalue weighted by molar-refractivity contribution is 0.0143. The van der Waals surface area contributed by atoms with E-state index in [2.05, 4.69) is 18.5 Å². The summed E-state index contributed by atoms with van der Waals surface area (Å²) in [5.41, 5.74) is 0. The molecular weight excluding hydrogens is 384 g/mol. The second-order valence-corrected chi connectivity index (χ2v) is 9.61. The summed E-state index contributed by atoms with van der Waals surface area (Å²) in [6, 6.07) is 6.36. The Hall–Kier alpha value is -0.920. The van der Waals surface area contributed by atoms with Crippen molar-refractivity contribution in [2.75, 3.05) is 33.8 Å². The predicted molar refractivity (Wildman–Crippen MR) is 111 cm³/mol. The molecule has 1 aliphatic carbocycles. The summed E-state index contributed by atoms with van der Waals surface area (Å²) in [5, 5.41) is 0.532. The minimum absolute atomic E-state index is 0.0178. The van der Waals surface area contributed by atoms with Crippen molar-refractivity contribution >= 4 is 21.6 Å². The van der Waals surface area contributed by atoms with Crippen LogP contribution >= 0.6 is 11.6 Å². The Bertz CT molecular complexity index is 686. The first-order chi connectivity index (χ1) is 12.8. The van der Waals surface area contributed by atoms with Crippen LogP contribution < -0.4 is 0 Å². The molecule has 2 rings (SSSR count). The lowest BCUT2D eigenvalue weighted by Crippen LogP contribution is -2.40. The highest BCUT2D eigenvalue weighted by molar-refractivity contribution is 7.89. The van der Waals surface area contributed by atoms with Gasteiger partial charge in [0.25, 0.3) is 0 Å². The number of ether oxygens (including phenoxy) is 1. The van der Waals surface area contributed by atoms with Gasteiger partial charge in [-0.05, 0) is 63.4 Å². The van der Waals surface area contributed by atoms with E-state index in [0.29, 0.717) is 5.02 Å². The summed E-state index contributed by atoms with van der Waals surface area (Å²) in [7, 11) is 0.257. The largest absolute Gasteiger partial charge is 0.378 e. The van der Waals surface area contributed by atoms with Crippen molar-refractivity contribution in [1.29, 1.82) is 0 Å². The van der Waals surface area contributed by atoms with Gasteiger partial charge in [0.15, 0.2) is 0 Å². The molecule has 1 aromatic rings. The first kappa shape index (κ1) is 22.4. The topological polar surface area (TPSA) is 49.9 Å². The molecule has 0 atom stereocenters. The second kappa shape index (κ2) is 10.6. The number of rotatable bonds is 10. The molecule has 1 aromatic carbocycles. The van der Waals surface area contributed by atoms with Crippen LogP contribution in [0.4, 0.5) is 0 Å². The number of hydrogen-bond acceptors (Lipinski definition) is 4. The van der Waals surface area contributed by atoms with Crippen LogP contribution in [0.25, 0.3) is 0 Å². The predicted octanol–water partition coefficient (Wildman–Crippen LogP) is 3.80. The molecule has 0 spiro atoms. The van der Waals surface area contributed by atoms with E-state index < -0.39 is 10.0 Å². The smallest absolute Gasteiger partial charge is 0.243 e. The minimum atomic E-state index is -3.49. The average molecular weight is 415 g/mol. The van der Waals surface area contributed by atoms with Crippen molar-refractivity contribution in [3.05, 3.63) is 41.9 Å². The zero-order valence-electron chi connectivity index (χ0n) is 16.3. The Balaban J connectivity index is 1.77. The third kappa shape index (κ3) is 6.57. The maximum atomic E-state index is 12.8. The molecule has 0 N–H and O–H groups in total. The fourth-order valence-electron chi connectivity index (χ4n) is 3.44. The molecule has 0 bridgehead atoms. The number of likely N-dealkylation sites (N-methyl/N-ethyl adjacent to an activating group) is 1. The summed E-state index contributed by atoms with van der Waals surface area (Å²) >= 11 is 5.86. The molecule has 27 heavy (non-hydrogen) atoms. The monoisotopic (exact) mass is 414 g/mol. The van der Waals surface area contributed by atoms with E-state index >= 15 is 0 Å². The molecular formula is C20H31ClN2O3S. The van der Waals surface area contributed by atoms with Crippen molar-refractivity contribution in [1.82, 2.24) is 9.21 Å². The van der Waals surface area contributed by atoms with E-state index in [0.717, 1.165) is 51.8 Å². The molecule has 0 unspecified atom stereocenters. The molecule has 0 saturated heterocycles. The van der Waals surface area contributed by atoms with Crippen molar-refractivity contribution in [3.63, 3.8) is 0 Å². The minimum Gasteiger partial charge on any atom is -0.378 e. The van der Waals surface area contributed by atoms with E-state index in [1.165, 1.54) is 4.31 Å². The molecule has 0 aliphatic heterocycles. The molecule has 1 saturated carbocycles. The Morgan fingerprint density at radius 2 is 1.81 bits per heavy atom. The van der Waals surface area contributed by atoms with Gasteiger partial charge >= 0.3 is 0 Å². The van der Waals surface area contributed by atoms with Gasteiger partial charge in [0, 0.05) is 37.8 Å². The van der Waals surface area contributed by atoms with Crippen molar-refractivity contribution in [2.24, 2.45) is 0 Å². The molecule has 0 amide bonds. The van der Waals surface area contributed by atoms with Gasteiger partial charge in [-0.2, -0.15) is 4.31 Å². The van der Waals surface area contributed by atoms with Crippen LogP contribution in [0.3, 0.4) is 0 Å². The summed E-state index contributed by atoms with van der Waals surface area (Å²) in [6.07, 6.45) is 6.57. The highest BCUT2D eigenvalue weighted by atomic mass is 35.5. The number of benzene rings is 1. The average Bonchev–Trinajstić information content (AvgIpc) is 2.66. The summed E-state index contributed by atoms with van der Waals surface area (Å²) in [6.45, 7) is 6.36.